The number of nitrogens with zero attached hydrogens (tertiary/aromatic N) is 1. The molecule has 1 saturated carbocycles. The fraction of sp³-hybridized carbons (Fsp3) is 0.667. The van der Waals surface area contributed by atoms with Crippen molar-refractivity contribution in [2.45, 2.75) is 76.7 Å². The standard InChI is InChI=1S/C21H30N2O3S/c1-14-9-17(13-21(2,3)12-14)22-27(25,26)18-10-15-5-4-8-23-19(24)7-6-16(11-18)20(15)23/h10-11,14,17,22H,4-9,12-13H2,1-3H3/t14-,17-/m1/s1. The van der Waals surface area contributed by atoms with Crippen LogP contribution in [-0.2, 0) is 27.7 Å². The van der Waals surface area contributed by atoms with Gasteiger partial charge in [-0.05, 0) is 73.1 Å². The third kappa shape index (κ3) is 3.66. The minimum atomic E-state index is -3.56. The molecular formula is C21H30N2O3S. The number of hydrogen-bond donors (Lipinski definition) is 1. The molecular weight excluding hydrogens is 360 g/mol. The molecule has 1 fully saturated rings. The van der Waals surface area contributed by atoms with Crippen molar-refractivity contribution in [3.8, 4) is 0 Å². The van der Waals surface area contributed by atoms with Crippen LogP contribution in [0.3, 0.4) is 0 Å². The number of rotatable bonds is 3. The molecule has 1 N–H and O–H groups in total. The van der Waals surface area contributed by atoms with E-state index in [0.717, 1.165) is 55.5 Å². The monoisotopic (exact) mass is 390 g/mol. The van der Waals surface area contributed by atoms with Crippen molar-refractivity contribution in [1.82, 2.24) is 4.72 Å². The molecule has 2 heterocycles. The molecule has 27 heavy (non-hydrogen) atoms. The summed E-state index contributed by atoms with van der Waals surface area (Å²) in [6.07, 6.45) is 5.73. The smallest absolute Gasteiger partial charge is 0.240 e. The van der Waals surface area contributed by atoms with E-state index < -0.39 is 10.0 Å². The van der Waals surface area contributed by atoms with Gasteiger partial charge < -0.3 is 4.90 Å². The molecule has 0 saturated heterocycles. The van der Waals surface area contributed by atoms with Gasteiger partial charge in [0.15, 0.2) is 0 Å². The van der Waals surface area contributed by atoms with E-state index in [9.17, 15) is 13.2 Å². The number of aryl methyl sites for hydroxylation is 2. The molecule has 3 aliphatic rings. The lowest BCUT2D eigenvalue weighted by molar-refractivity contribution is -0.119. The summed E-state index contributed by atoms with van der Waals surface area (Å²) >= 11 is 0. The minimum absolute atomic E-state index is 0.0146. The molecule has 2 atom stereocenters. The van der Waals surface area contributed by atoms with Crippen molar-refractivity contribution in [2.24, 2.45) is 11.3 Å². The first kappa shape index (κ1) is 18.9. The first-order chi connectivity index (χ1) is 12.6. The van der Waals surface area contributed by atoms with Crippen LogP contribution in [0.4, 0.5) is 5.69 Å². The molecule has 2 aliphatic heterocycles. The zero-order valence-corrected chi connectivity index (χ0v) is 17.4. The average molecular weight is 391 g/mol. The van der Waals surface area contributed by atoms with E-state index in [4.69, 9.17) is 0 Å². The Hall–Kier alpha value is -1.40. The average Bonchev–Trinajstić information content (AvgIpc) is 2.55. The van der Waals surface area contributed by atoms with Crippen LogP contribution in [0.25, 0.3) is 0 Å². The molecule has 4 rings (SSSR count). The zero-order valence-electron chi connectivity index (χ0n) is 16.5. The van der Waals surface area contributed by atoms with Crippen LogP contribution in [0.15, 0.2) is 17.0 Å². The Morgan fingerprint density at radius 2 is 1.81 bits per heavy atom. The van der Waals surface area contributed by atoms with Crippen molar-refractivity contribution in [3.05, 3.63) is 23.3 Å². The molecule has 1 amide bonds. The van der Waals surface area contributed by atoms with E-state index in [-0.39, 0.29) is 17.4 Å². The molecule has 0 spiro atoms. The second kappa shape index (κ2) is 6.59. The summed E-state index contributed by atoms with van der Waals surface area (Å²) in [5, 5.41) is 0. The first-order valence-corrected chi connectivity index (χ1v) is 11.6. The number of benzene rings is 1. The Kier molecular flexibility index (Phi) is 4.62. The molecule has 1 aromatic carbocycles. The van der Waals surface area contributed by atoms with Crippen LogP contribution in [0, 0.1) is 11.3 Å². The highest BCUT2D eigenvalue weighted by Gasteiger charge is 2.35. The van der Waals surface area contributed by atoms with Gasteiger partial charge in [0.2, 0.25) is 15.9 Å². The summed E-state index contributed by atoms with van der Waals surface area (Å²) in [7, 11) is -3.56. The topological polar surface area (TPSA) is 66.5 Å². The Labute approximate surface area is 162 Å². The van der Waals surface area contributed by atoms with Gasteiger partial charge in [-0.2, -0.15) is 0 Å². The Morgan fingerprint density at radius 1 is 1.11 bits per heavy atom. The molecule has 1 aromatic rings. The number of sulfonamides is 1. The summed E-state index contributed by atoms with van der Waals surface area (Å²) < 4.78 is 29.3. The number of anilines is 1. The molecule has 0 unspecified atom stereocenters. The predicted molar refractivity (Wildman–Crippen MR) is 106 cm³/mol. The lowest BCUT2D eigenvalue weighted by Crippen LogP contribution is -2.43. The lowest BCUT2D eigenvalue weighted by atomic mass is 9.71. The molecule has 6 heteroatoms. The number of amides is 1. The predicted octanol–water partition coefficient (Wildman–Crippen LogP) is 3.41. The van der Waals surface area contributed by atoms with Gasteiger partial charge in [-0.15, -0.1) is 0 Å². The number of carbonyl (C=O) groups excluding carboxylic acids is 1. The van der Waals surface area contributed by atoms with Gasteiger partial charge in [-0.25, -0.2) is 13.1 Å². The summed E-state index contributed by atoms with van der Waals surface area (Å²) in [6.45, 7) is 7.39. The third-order valence-electron chi connectivity index (χ3n) is 6.27. The lowest BCUT2D eigenvalue weighted by Gasteiger charge is -2.39. The van der Waals surface area contributed by atoms with Gasteiger partial charge in [0, 0.05) is 19.0 Å². The van der Waals surface area contributed by atoms with Gasteiger partial charge in [-0.3, -0.25) is 4.79 Å². The van der Waals surface area contributed by atoms with Crippen molar-refractivity contribution >= 4 is 21.6 Å². The van der Waals surface area contributed by atoms with E-state index in [0.29, 0.717) is 23.7 Å². The zero-order chi connectivity index (χ0) is 19.4. The van der Waals surface area contributed by atoms with E-state index in [2.05, 4.69) is 25.5 Å². The largest absolute Gasteiger partial charge is 0.312 e. The maximum absolute atomic E-state index is 13.1. The van der Waals surface area contributed by atoms with Crippen LogP contribution >= 0.6 is 0 Å². The van der Waals surface area contributed by atoms with Crippen LogP contribution in [-0.4, -0.2) is 26.9 Å². The fourth-order valence-corrected chi connectivity index (χ4v) is 6.85. The van der Waals surface area contributed by atoms with Gasteiger partial charge in [0.05, 0.1) is 10.6 Å². The van der Waals surface area contributed by atoms with Crippen molar-refractivity contribution in [3.63, 3.8) is 0 Å². The van der Waals surface area contributed by atoms with Crippen LogP contribution in [0.5, 0.6) is 0 Å². The van der Waals surface area contributed by atoms with Crippen LogP contribution < -0.4 is 9.62 Å². The second-order valence-electron chi connectivity index (χ2n) is 9.47. The second-order valence-corrected chi connectivity index (χ2v) is 11.2. The molecule has 1 aliphatic carbocycles. The number of carbonyl (C=O) groups is 1. The molecule has 0 aromatic heterocycles. The number of nitrogens with one attached hydrogen (secondary N) is 1. The minimum Gasteiger partial charge on any atom is -0.312 e. The van der Waals surface area contributed by atoms with Gasteiger partial charge >= 0.3 is 0 Å². The highest BCUT2D eigenvalue weighted by molar-refractivity contribution is 7.89. The highest BCUT2D eigenvalue weighted by Crippen LogP contribution is 2.40. The van der Waals surface area contributed by atoms with Crippen LogP contribution in [0.1, 0.15) is 64.0 Å². The summed E-state index contributed by atoms with van der Waals surface area (Å²) in [6, 6.07) is 3.58. The van der Waals surface area contributed by atoms with Gasteiger partial charge in [0.1, 0.15) is 0 Å². The Balaban J connectivity index is 1.64. The quantitative estimate of drug-likeness (QED) is 0.860. The summed E-state index contributed by atoms with van der Waals surface area (Å²) in [4.78, 5) is 14.4. The molecule has 148 valence electrons. The van der Waals surface area contributed by atoms with Crippen molar-refractivity contribution in [2.75, 3.05) is 11.4 Å². The highest BCUT2D eigenvalue weighted by atomic mass is 32.2. The summed E-state index contributed by atoms with van der Waals surface area (Å²) in [5.74, 6) is 0.682. The van der Waals surface area contributed by atoms with E-state index in [1.54, 1.807) is 12.1 Å². The maximum Gasteiger partial charge on any atom is 0.240 e. The van der Waals surface area contributed by atoms with Crippen molar-refractivity contribution < 1.29 is 13.2 Å². The van der Waals surface area contributed by atoms with E-state index >= 15 is 0 Å². The first-order valence-electron chi connectivity index (χ1n) is 10.1. The van der Waals surface area contributed by atoms with Crippen molar-refractivity contribution in [1.29, 1.82) is 0 Å². The third-order valence-corrected chi connectivity index (χ3v) is 7.77. The molecule has 5 nitrogen and oxygen atoms in total. The molecule has 0 bridgehead atoms. The normalized spacial score (nSPS) is 27.4. The number of hydrogen-bond acceptors (Lipinski definition) is 3. The maximum atomic E-state index is 13.1. The van der Waals surface area contributed by atoms with Crippen LogP contribution in [0.2, 0.25) is 0 Å². The van der Waals surface area contributed by atoms with Gasteiger partial charge in [-0.1, -0.05) is 20.8 Å². The Morgan fingerprint density at radius 3 is 2.52 bits per heavy atom. The van der Waals surface area contributed by atoms with E-state index in [1.807, 2.05) is 4.90 Å². The van der Waals surface area contributed by atoms with E-state index in [1.165, 1.54) is 0 Å². The SMILES string of the molecule is C[C@@H]1C[C@@H](NS(=O)(=O)c2cc3c4c(c2)CCC(=O)N4CCC3)CC(C)(C)C1. The summed E-state index contributed by atoms with van der Waals surface area (Å²) in [5.41, 5.74) is 3.14. The fourth-order valence-electron chi connectivity index (χ4n) is 5.50. The molecule has 0 radical (unpaired) electrons. The Bertz CT molecular complexity index is 858. The van der Waals surface area contributed by atoms with Gasteiger partial charge in [0.25, 0.3) is 0 Å².